The van der Waals surface area contributed by atoms with E-state index in [9.17, 15) is 14.0 Å². The number of hydrogen-bond acceptors (Lipinski definition) is 2. The largest absolute Gasteiger partial charge is 0.478 e. The van der Waals surface area contributed by atoms with Crippen LogP contribution in [0.15, 0.2) is 18.2 Å². The van der Waals surface area contributed by atoms with E-state index in [1.807, 2.05) is 13.8 Å². The maximum Gasteiger partial charge on any atom is 0.335 e. The molecule has 20 heavy (non-hydrogen) atoms. The zero-order valence-corrected chi connectivity index (χ0v) is 11.9. The van der Waals surface area contributed by atoms with E-state index >= 15 is 0 Å². The van der Waals surface area contributed by atoms with Gasteiger partial charge in [0.1, 0.15) is 5.82 Å². The highest BCUT2D eigenvalue weighted by Crippen LogP contribution is 2.22. The Balaban J connectivity index is 2.90. The molecule has 1 rings (SSSR count). The van der Waals surface area contributed by atoms with Crippen LogP contribution in [0.25, 0.3) is 0 Å². The lowest BCUT2D eigenvalue weighted by Gasteiger charge is -2.20. The van der Waals surface area contributed by atoms with Gasteiger partial charge in [0.2, 0.25) is 5.91 Å². The zero-order chi connectivity index (χ0) is 15.3. The Labute approximate surface area is 118 Å². The van der Waals surface area contributed by atoms with Crippen LogP contribution in [0.4, 0.5) is 10.1 Å². The highest BCUT2D eigenvalue weighted by Gasteiger charge is 2.22. The lowest BCUT2D eigenvalue weighted by molar-refractivity contribution is -0.121. The number of carboxylic acids is 1. The maximum absolute atomic E-state index is 13.6. The second-order valence-electron chi connectivity index (χ2n) is 4.85. The van der Waals surface area contributed by atoms with E-state index < -0.39 is 11.8 Å². The molecule has 0 radical (unpaired) electrons. The standard InChI is InChI=1S/C15H20FNO3/c1-4-10(5-2)9(3)14(18)17-13-8-11(15(19)20)6-7-12(13)16/h6-10H,4-5H2,1-3H3,(H,17,18)(H,19,20). The number of carbonyl (C=O) groups excluding carboxylic acids is 1. The first-order valence-corrected chi connectivity index (χ1v) is 6.74. The first-order valence-electron chi connectivity index (χ1n) is 6.74. The molecular weight excluding hydrogens is 261 g/mol. The fourth-order valence-electron chi connectivity index (χ4n) is 2.21. The number of carboxylic acid groups (broad SMARTS) is 1. The van der Waals surface area contributed by atoms with Gasteiger partial charge in [-0.1, -0.05) is 33.6 Å². The highest BCUT2D eigenvalue weighted by atomic mass is 19.1. The highest BCUT2D eigenvalue weighted by molar-refractivity contribution is 5.95. The predicted molar refractivity (Wildman–Crippen MR) is 75.2 cm³/mol. The van der Waals surface area contributed by atoms with Crippen molar-refractivity contribution in [1.82, 2.24) is 0 Å². The van der Waals surface area contributed by atoms with Crippen molar-refractivity contribution in [2.75, 3.05) is 5.32 Å². The molecule has 0 saturated heterocycles. The summed E-state index contributed by atoms with van der Waals surface area (Å²) in [5.41, 5.74) is -0.149. The van der Waals surface area contributed by atoms with Gasteiger partial charge in [0.05, 0.1) is 11.3 Å². The van der Waals surface area contributed by atoms with Gasteiger partial charge in [0, 0.05) is 5.92 Å². The SMILES string of the molecule is CCC(CC)C(C)C(=O)Nc1cc(C(=O)O)ccc1F. The van der Waals surface area contributed by atoms with E-state index in [-0.39, 0.29) is 29.0 Å². The van der Waals surface area contributed by atoms with Gasteiger partial charge in [0.15, 0.2) is 0 Å². The van der Waals surface area contributed by atoms with Crippen LogP contribution in [-0.4, -0.2) is 17.0 Å². The molecule has 0 aliphatic heterocycles. The van der Waals surface area contributed by atoms with Crippen LogP contribution in [0.5, 0.6) is 0 Å². The summed E-state index contributed by atoms with van der Waals surface area (Å²) in [4.78, 5) is 22.9. The molecule has 0 fully saturated rings. The van der Waals surface area contributed by atoms with Crippen molar-refractivity contribution in [3.63, 3.8) is 0 Å². The van der Waals surface area contributed by atoms with E-state index in [0.717, 1.165) is 31.0 Å². The van der Waals surface area contributed by atoms with Crippen molar-refractivity contribution in [3.05, 3.63) is 29.6 Å². The van der Waals surface area contributed by atoms with Gasteiger partial charge in [-0.2, -0.15) is 0 Å². The molecule has 0 aromatic heterocycles. The van der Waals surface area contributed by atoms with Crippen LogP contribution in [0.2, 0.25) is 0 Å². The molecule has 0 heterocycles. The third-order valence-corrected chi connectivity index (χ3v) is 3.64. The topological polar surface area (TPSA) is 66.4 Å². The number of amides is 1. The lowest BCUT2D eigenvalue weighted by Crippen LogP contribution is -2.27. The molecule has 1 unspecified atom stereocenters. The molecule has 1 aromatic rings. The molecule has 0 aliphatic rings. The Kier molecular flexibility index (Phi) is 5.67. The normalized spacial score (nSPS) is 12.2. The first-order chi connectivity index (χ1) is 9.40. The number of aromatic carboxylic acids is 1. The smallest absolute Gasteiger partial charge is 0.335 e. The first kappa shape index (κ1) is 16.1. The summed E-state index contributed by atoms with van der Waals surface area (Å²) in [5.74, 6) is -2.12. The second kappa shape index (κ2) is 7.03. The second-order valence-corrected chi connectivity index (χ2v) is 4.85. The van der Waals surface area contributed by atoms with Crippen molar-refractivity contribution in [2.24, 2.45) is 11.8 Å². The number of benzene rings is 1. The Morgan fingerprint density at radius 1 is 1.30 bits per heavy atom. The minimum Gasteiger partial charge on any atom is -0.478 e. The van der Waals surface area contributed by atoms with Gasteiger partial charge in [0.25, 0.3) is 0 Å². The molecule has 1 amide bonds. The summed E-state index contributed by atoms with van der Waals surface area (Å²) in [6.07, 6.45) is 1.73. The molecule has 5 heteroatoms. The summed E-state index contributed by atoms with van der Waals surface area (Å²) in [5, 5.41) is 11.3. The van der Waals surface area contributed by atoms with Gasteiger partial charge >= 0.3 is 5.97 Å². The molecule has 110 valence electrons. The molecule has 0 aliphatic carbocycles. The molecule has 1 aromatic carbocycles. The number of hydrogen-bond donors (Lipinski definition) is 2. The maximum atomic E-state index is 13.6. The zero-order valence-electron chi connectivity index (χ0n) is 11.9. The Morgan fingerprint density at radius 2 is 1.90 bits per heavy atom. The van der Waals surface area contributed by atoms with E-state index in [4.69, 9.17) is 5.11 Å². The minimum atomic E-state index is -1.16. The van der Waals surface area contributed by atoms with Crippen LogP contribution in [0, 0.1) is 17.7 Å². The van der Waals surface area contributed by atoms with Gasteiger partial charge < -0.3 is 10.4 Å². The monoisotopic (exact) mass is 281 g/mol. The molecular formula is C15H20FNO3. The fourth-order valence-corrected chi connectivity index (χ4v) is 2.21. The quantitative estimate of drug-likeness (QED) is 0.838. The number of nitrogens with one attached hydrogen (secondary N) is 1. The third-order valence-electron chi connectivity index (χ3n) is 3.64. The molecule has 4 nitrogen and oxygen atoms in total. The molecule has 0 bridgehead atoms. The van der Waals surface area contributed by atoms with E-state index in [1.165, 1.54) is 0 Å². The average Bonchev–Trinajstić information content (AvgIpc) is 2.42. The average molecular weight is 281 g/mol. The van der Waals surface area contributed by atoms with Crippen LogP contribution in [-0.2, 0) is 4.79 Å². The minimum absolute atomic E-state index is 0.0584. The van der Waals surface area contributed by atoms with Gasteiger partial charge in [-0.15, -0.1) is 0 Å². The van der Waals surface area contributed by atoms with Gasteiger partial charge in [-0.3, -0.25) is 4.79 Å². The van der Waals surface area contributed by atoms with Crippen molar-refractivity contribution in [2.45, 2.75) is 33.6 Å². The van der Waals surface area contributed by atoms with Crippen LogP contribution < -0.4 is 5.32 Å². The third kappa shape index (κ3) is 3.79. The van der Waals surface area contributed by atoms with Crippen molar-refractivity contribution < 1.29 is 19.1 Å². The molecule has 2 N–H and O–H groups in total. The van der Waals surface area contributed by atoms with E-state index in [1.54, 1.807) is 6.92 Å². The Bertz CT molecular complexity index is 498. The van der Waals surface area contributed by atoms with Crippen molar-refractivity contribution >= 4 is 17.6 Å². The van der Waals surface area contributed by atoms with Crippen LogP contribution in [0.1, 0.15) is 44.0 Å². The molecule has 1 atom stereocenters. The number of halogens is 1. The van der Waals surface area contributed by atoms with E-state index in [0.29, 0.717) is 0 Å². The van der Waals surface area contributed by atoms with E-state index in [2.05, 4.69) is 5.32 Å². The molecule has 0 saturated carbocycles. The summed E-state index contributed by atoms with van der Waals surface area (Å²) in [6, 6.07) is 3.34. The Hall–Kier alpha value is -1.91. The fraction of sp³-hybridized carbons (Fsp3) is 0.467. The van der Waals surface area contributed by atoms with Crippen LogP contribution in [0.3, 0.4) is 0 Å². The summed E-state index contributed by atoms with van der Waals surface area (Å²) >= 11 is 0. The lowest BCUT2D eigenvalue weighted by atomic mass is 9.88. The van der Waals surface area contributed by atoms with Gasteiger partial charge in [-0.25, -0.2) is 9.18 Å². The number of anilines is 1. The van der Waals surface area contributed by atoms with Crippen LogP contribution >= 0.6 is 0 Å². The number of rotatable bonds is 6. The summed E-state index contributed by atoms with van der Waals surface area (Å²) < 4.78 is 13.6. The number of carbonyl (C=O) groups is 2. The molecule has 0 spiro atoms. The predicted octanol–water partition coefficient (Wildman–Crippen LogP) is 3.53. The summed E-state index contributed by atoms with van der Waals surface area (Å²) in [6.45, 7) is 5.80. The summed E-state index contributed by atoms with van der Waals surface area (Å²) in [7, 11) is 0. The van der Waals surface area contributed by atoms with Crippen molar-refractivity contribution in [3.8, 4) is 0 Å². The van der Waals surface area contributed by atoms with Gasteiger partial charge in [-0.05, 0) is 24.1 Å². The Morgan fingerprint density at radius 3 is 2.40 bits per heavy atom. The van der Waals surface area contributed by atoms with Crippen molar-refractivity contribution in [1.29, 1.82) is 0 Å².